The first-order valence-electron chi connectivity index (χ1n) is 9.06. The summed E-state index contributed by atoms with van der Waals surface area (Å²) in [5, 5.41) is 2.82. The van der Waals surface area contributed by atoms with E-state index >= 15 is 0 Å². The van der Waals surface area contributed by atoms with Crippen molar-refractivity contribution >= 4 is 39.3 Å². The fourth-order valence-electron chi connectivity index (χ4n) is 3.40. The van der Waals surface area contributed by atoms with Gasteiger partial charge in [0.15, 0.2) is 11.3 Å². The van der Waals surface area contributed by atoms with Crippen LogP contribution in [-0.2, 0) is 4.79 Å². The Hall–Kier alpha value is -3.87. The normalized spacial score (nSPS) is 10.9. The van der Waals surface area contributed by atoms with E-state index in [9.17, 15) is 4.79 Å². The number of benzene rings is 3. The van der Waals surface area contributed by atoms with Gasteiger partial charge in [-0.2, -0.15) is 0 Å². The first kappa shape index (κ1) is 18.5. The molecular weight excluding hydrogens is 368 g/mol. The maximum absolute atomic E-state index is 11.5. The van der Waals surface area contributed by atoms with Crippen LogP contribution in [0.15, 0.2) is 54.6 Å². The topological polar surface area (TPSA) is 90.3 Å². The Morgan fingerprint density at radius 1 is 1.03 bits per heavy atom. The number of amides is 1. The van der Waals surface area contributed by atoms with E-state index in [1.165, 1.54) is 6.92 Å². The number of anilines is 2. The SMILES string of the molecule is COc1ccc(-[n+]2c3cc(NC(C)=O)ccc3nc3c(OC)ccc(N)c32)cc1. The number of rotatable bonds is 4. The van der Waals surface area contributed by atoms with Crippen LogP contribution in [0.2, 0.25) is 0 Å². The Balaban J connectivity index is 2.13. The number of methoxy groups -OCH3 is 2. The molecule has 0 spiro atoms. The summed E-state index contributed by atoms with van der Waals surface area (Å²) in [5.74, 6) is 1.24. The van der Waals surface area contributed by atoms with Crippen LogP contribution in [-0.4, -0.2) is 25.1 Å². The fraction of sp³-hybridized carbons (Fsp3) is 0.136. The van der Waals surface area contributed by atoms with E-state index in [0.717, 1.165) is 28.0 Å². The van der Waals surface area contributed by atoms with E-state index in [0.29, 0.717) is 22.6 Å². The highest BCUT2D eigenvalue weighted by atomic mass is 16.5. The lowest BCUT2D eigenvalue weighted by Crippen LogP contribution is -2.34. The van der Waals surface area contributed by atoms with Crippen molar-refractivity contribution < 1.29 is 18.8 Å². The summed E-state index contributed by atoms with van der Waals surface area (Å²) >= 11 is 0. The third-order valence-corrected chi connectivity index (χ3v) is 4.69. The van der Waals surface area contributed by atoms with E-state index < -0.39 is 0 Å². The van der Waals surface area contributed by atoms with Crippen molar-refractivity contribution in [2.24, 2.45) is 0 Å². The Labute approximate surface area is 167 Å². The largest absolute Gasteiger partial charge is 0.497 e. The summed E-state index contributed by atoms with van der Waals surface area (Å²) in [6.45, 7) is 1.48. The van der Waals surface area contributed by atoms with Gasteiger partial charge in [-0.25, -0.2) is 4.98 Å². The van der Waals surface area contributed by atoms with Crippen LogP contribution in [0, 0.1) is 0 Å². The zero-order valence-electron chi connectivity index (χ0n) is 16.4. The van der Waals surface area contributed by atoms with E-state index in [2.05, 4.69) is 5.32 Å². The second-order valence-corrected chi connectivity index (χ2v) is 6.58. The maximum Gasteiger partial charge on any atom is 0.264 e. The summed E-state index contributed by atoms with van der Waals surface area (Å²) in [6, 6.07) is 16.8. The summed E-state index contributed by atoms with van der Waals surface area (Å²) in [4.78, 5) is 16.3. The Morgan fingerprint density at radius 2 is 1.79 bits per heavy atom. The van der Waals surface area contributed by atoms with Gasteiger partial charge in [0, 0.05) is 30.8 Å². The van der Waals surface area contributed by atoms with Gasteiger partial charge in [0.25, 0.3) is 5.52 Å². The number of nitrogen functional groups attached to an aromatic ring is 1. The molecular formula is C22H21N4O3+. The van der Waals surface area contributed by atoms with Gasteiger partial charge in [0.1, 0.15) is 17.0 Å². The average molecular weight is 389 g/mol. The highest BCUT2D eigenvalue weighted by Crippen LogP contribution is 2.30. The summed E-state index contributed by atoms with van der Waals surface area (Å²) in [7, 11) is 3.23. The fourth-order valence-corrected chi connectivity index (χ4v) is 3.40. The molecule has 0 saturated heterocycles. The van der Waals surface area contributed by atoms with Gasteiger partial charge in [-0.1, -0.05) is 0 Å². The van der Waals surface area contributed by atoms with Crippen molar-refractivity contribution in [3.63, 3.8) is 0 Å². The van der Waals surface area contributed by atoms with Gasteiger partial charge in [-0.05, 0) is 36.4 Å². The quantitative estimate of drug-likeness (QED) is 0.318. The van der Waals surface area contributed by atoms with E-state index in [1.807, 2.05) is 47.0 Å². The lowest BCUT2D eigenvalue weighted by atomic mass is 10.1. The molecule has 146 valence electrons. The molecule has 3 aromatic carbocycles. The predicted octanol–water partition coefficient (Wildman–Crippen LogP) is 3.22. The van der Waals surface area contributed by atoms with Crippen molar-refractivity contribution in [3.8, 4) is 17.2 Å². The van der Waals surface area contributed by atoms with Gasteiger partial charge in [-0.15, -0.1) is 4.57 Å². The molecule has 0 saturated carbocycles. The second kappa shape index (κ2) is 7.27. The van der Waals surface area contributed by atoms with Crippen LogP contribution in [0.1, 0.15) is 6.92 Å². The number of hydrogen-bond acceptors (Lipinski definition) is 5. The number of hydrogen-bond donors (Lipinski definition) is 2. The van der Waals surface area contributed by atoms with Crippen LogP contribution < -0.4 is 25.1 Å². The van der Waals surface area contributed by atoms with Gasteiger partial charge in [-0.3, -0.25) is 4.79 Å². The van der Waals surface area contributed by atoms with Crippen molar-refractivity contribution in [2.75, 3.05) is 25.3 Å². The van der Waals surface area contributed by atoms with Crippen LogP contribution in [0.25, 0.3) is 27.8 Å². The van der Waals surface area contributed by atoms with Crippen molar-refractivity contribution in [2.45, 2.75) is 6.92 Å². The summed E-state index contributed by atoms with van der Waals surface area (Å²) in [6.07, 6.45) is 0. The number of aromatic nitrogens is 2. The van der Waals surface area contributed by atoms with Gasteiger partial charge in [0.05, 0.1) is 14.2 Å². The molecule has 4 rings (SSSR count). The predicted molar refractivity (Wildman–Crippen MR) is 113 cm³/mol. The number of ether oxygens (including phenoxy) is 2. The van der Waals surface area contributed by atoms with Gasteiger partial charge in [0.2, 0.25) is 17.1 Å². The minimum absolute atomic E-state index is 0.143. The number of carbonyl (C=O) groups is 1. The Bertz CT molecular complexity index is 1240. The molecule has 1 aromatic heterocycles. The lowest BCUT2D eigenvalue weighted by Gasteiger charge is -2.11. The standard InChI is InChI=1S/C22H20N4O3/c1-13(27)24-14-4-10-18-19(12-14)26(15-5-7-16(28-2)8-6-15)22-17(23)9-11-20(29-3)21(22)25-18/h4-12H,23H2,1-3H3/p+1. The smallest absolute Gasteiger partial charge is 0.264 e. The molecule has 0 aliphatic heterocycles. The molecule has 7 nitrogen and oxygen atoms in total. The van der Waals surface area contributed by atoms with E-state index in [4.69, 9.17) is 20.2 Å². The zero-order valence-corrected chi connectivity index (χ0v) is 16.4. The van der Waals surface area contributed by atoms with E-state index in [-0.39, 0.29) is 5.91 Å². The third-order valence-electron chi connectivity index (χ3n) is 4.69. The third kappa shape index (κ3) is 3.27. The zero-order chi connectivity index (χ0) is 20.5. The Kier molecular flexibility index (Phi) is 4.64. The average Bonchev–Trinajstić information content (AvgIpc) is 2.72. The molecule has 7 heteroatoms. The first-order valence-corrected chi connectivity index (χ1v) is 9.06. The van der Waals surface area contributed by atoms with Crippen molar-refractivity contribution in [1.29, 1.82) is 0 Å². The van der Waals surface area contributed by atoms with Crippen LogP contribution in [0.5, 0.6) is 11.5 Å². The highest BCUT2D eigenvalue weighted by molar-refractivity contribution is 5.95. The van der Waals surface area contributed by atoms with Crippen molar-refractivity contribution in [1.82, 2.24) is 4.98 Å². The highest BCUT2D eigenvalue weighted by Gasteiger charge is 2.24. The molecule has 0 radical (unpaired) electrons. The number of carbonyl (C=O) groups excluding carboxylic acids is 1. The monoisotopic (exact) mass is 389 g/mol. The summed E-state index contributed by atoms with van der Waals surface area (Å²) in [5.41, 5.74) is 11.4. The second-order valence-electron chi connectivity index (χ2n) is 6.58. The molecule has 0 aliphatic rings. The minimum Gasteiger partial charge on any atom is -0.497 e. The number of nitrogens with zero attached hydrogens (tertiary/aromatic N) is 2. The molecule has 1 amide bonds. The molecule has 0 fully saturated rings. The molecule has 3 N–H and O–H groups in total. The molecule has 0 aliphatic carbocycles. The van der Waals surface area contributed by atoms with Gasteiger partial charge >= 0.3 is 0 Å². The van der Waals surface area contributed by atoms with E-state index in [1.54, 1.807) is 26.4 Å². The number of fused-ring (bicyclic) bond motifs is 2. The van der Waals surface area contributed by atoms with Crippen molar-refractivity contribution in [3.05, 3.63) is 54.6 Å². The lowest BCUT2D eigenvalue weighted by molar-refractivity contribution is -0.537. The minimum atomic E-state index is -0.143. The Morgan fingerprint density at radius 3 is 2.45 bits per heavy atom. The molecule has 0 atom stereocenters. The van der Waals surface area contributed by atoms with Crippen LogP contribution in [0.4, 0.5) is 11.4 Å². The summed E-state index contributed by atoms with van der Waals surface area (Å²) < 4.78 is 12.8. The molecule has 0 bridgehead atoms. The number of nitrogens with one attached hydrogen (secondary N) is 1. The molecule has 29 heavy (non-hydrogen) atoms. The molecule has 0 unspecified atom stereocenters. The van der Waals surface area contributed by atoms with Crippen LogP contribution in [0.3, 0.4) is 0 Å². The molecule has 4 aromatic rings. The molecule has 1 heterocycles. The number of nitrogens with two attached hydrogens (primary N) is 1. The van der Waals surface area contributed by atoms with Gasteiger partial charge < -0.3 is 20.5 Å². The van der Waals surface area contributed by atoms with Crippen LogP contribution >= 0.6 is 0 Å². The first-order chi connectivity index (χ1) is 14.0. The maximum atomic E-state index is 11.5.